The first-order valence-corrected chi connectivity index (χ1v) is 5.76. The monoisotopic (exact) mass is 231 g/mol. The van der Waals surface area contributed by atoms with Gasteiger partial charge in [-0.15, -0.1) is 0 Å². The van der Waals surface area contributed by atoms with Crippen LogP contribution in [0.1, 0.15) is 47.0 Å². The highest BCUT2D eigenvalue weighted by Gasteiger charge is 2.33. The zero-order valence-electron chi connectivity index (χ0n) is 11.1. The average Bonchev–Trinajstić information content (AvgIpc) is 2.12. The van der Waals surface area contributed by atoms with Gasteiger partial charge in [0, 0.05) is 12.6 Å². The van der Waals surface area contributed by atoms with Crippen molar-refractivity contribution >= 4 is 5.97 Å². The van der Waals surface area contributed by atoms with E-state index in [2.05, 4.69) is 12.2 Å². The molecule has 1 atom stereocenters. The molecule has 0 saturated carbocycles. The van der Waals surface area contributed by atoms with Crippen molar-refractivity contribution in [3.63, 3.8) is 0 Å². The minimum absolute atomic E-state index is 0.111. The number of rotatable bonds is 8. The molecule has 0 aliphatic heterocycles. The van der Waals surface area contributed by atoms with Crippen molar-refractivity contribution in [1.29, 1.82) is 0 Å². The first-order valence-electron chi connectivity index (χ1n) is 5.76. The van der Waals surface area contributed by atoms with E-state index in [0.29, 0.717) is 6.42 Å². The Hall–Kier alpha value is -0.610. The van der Waals surface area contributed by atoms with Gasteiger partial charge in [0.1, 0.15) is 0 Å². The molecule has 0 bridgehead atoms. The fourth-order valence-electron chi connectivity index (χ4n) is 1.96. The van der Waals surface area contributed by atoms with Crippen LogP contribution < -0.4 is 5.32 Å². The Kier molecular flexibility index (Phi) is 5.97. The van der Waals surface area contributed by atoms with Crippen LogP contribution in [0.15, 0.2) is 0 Å². The zero-order valence-corrected chi connectivity index (χ0v) is 11.1. The van der Waals surface area contributed by atoms with Gasteiger partial charge < -0.3 is 15.2 Å². The van der Waals surface area contributed by atoms with Gasteiger partial charge in [-0.05, 0) is 40.2 Å². The van der Waals surface area contributed by atoms with Crippen LogP contribution in [0.3, 0.4) is 0 Å². The number of carbonyl (C=O) groups is 1. The Morgan fingerprint density at radius 2 is 1.94 bits per heavy atom. The van der Waals surface area contributed by atoms with Crippen molar-refractivity contribution in [3.05, 3.63) is 0 Å². The Labute approximate surface area is 98.4 Å². The van der Waals surface area contributed by atoms with Crippen molar-refractivity contribution in [1.82, 2.24) is 5.32 Å². The highest BCUT2D eigenvalue weighted by molar-refractivity contribution is 5.68. The fourth-order valence-corrected chi connectivity index (χ4v) is 1.96. The van der Waals surface area contributed by atoms with E-state index in [4.69, 9.17) is 9.84 Å². The molecule has 0 radical (unpaired) electrons. The lowest BCUT2D eigenvalue weighted by Gasteiger charge is -2.36. The molecular formula is C12H25NO3. The fraction of sp³-hybridized carbons (Fsp3) is 0.917. The van der Waals surface area contributed by atoms with E-state index in [0.717, 1.165) is 13.0 Å². The van der Waals surface area contributed by atoms with E-state index in [1.54, 1.807) is 7.11 Å². The standard InChI is InChI=1S/C12H25NO3/c1-6-7-13-12(4,8-10(14)15)9-11(2,3)16-5/h13H,6-9H2,1-5H3,(H,14,15). The normalized spacial score (nSPS) is 15.8. The summed E-state index contributed by atoms with van der Waals surface area (Å²) >= 11 is 0. The molecule has 0 rings (SSSR count). The van der Waals surface area contributed by atoms with E-state index in [1.165, 1.54) is 0 Å². The average molecular weight is 231 g/mol. The van der Waals surface area contributed by atoms with Gasteiger partial charge in [0.05, 0.1) is 12.0 Å². The lowest BCUT2D eigenvalue weighted by Crippen LogP contribution is -2.49. The molecule has 0 aromatic rings. The van der Waals surface area contributed by atoms with Gasteiger partial charge in [0.2, 0.25) is 0 Å². The van der Waals surface area contributed by atoms with Gasteiger partial charge >= 0.3 is 5.97 Å². The van der Waals surface area contributed by atoms with Crippen LogP contribution in [-0.2, 0) is 9.53 Å². The molecule has 0 spiro atoms. The first kappa shape index (κ1) is 15.4. The smallest absolute Gasteiger partial charge is 0.305 e. The first-order chi connectivity index (χ1) is 7.24. The Balaban J connectivity index is 4.58. The van der Waals surface area contributed by atoms with Crippen LogP contribution in [0.5, 0.6) is 0 Å². The van der Waals surface area contributed by atoms with E-state index in [9.17, 15) is 4.79 Å². The highest BCUT2D eigenvalue weighted by atomic mass is 16.5. The zero-order chi connectivity index (χ0) is 12.8. The van der Waals surface area contributed by atoms with Crippen molar-refractivity contribution in [2.75, 3.05) is 13.7 Å². The van der Waals surface area contributed by atoms with Gasteiger partial charge in [-0.1, -0.05) is 6.92 Å². The molecule has 0 heterocycles. The predicted octanol–water partition coefficient (Wildman–Crippen LogP) is 2.03. The van der Waals surface area contributed by atoms with Crippen LogP contribution in [0, 0.1) is 0 Å². The van der Waals surface area contributed by atoms with Gasteiger partial charge in [-0.25, -0.2) is 0 Å². The minimum Gasteiger partial charge on any atom is -0.481 e. The summed E-state index contributed by atoms with van der Waals surface area (Å²) in [5, 5.41) is 12.2. The molecule has 2 N–H and O–H groups in total. The minimum atomic E-state index is -0.780. The summed E-state index contributed by atoms with van der Waals surface area (Å²) in [5.74, 6) is -0.780. The molecule has 0 aliphatic rings. The third-order valence-corrected chi connectivity index (χ3v) is 2.71. The number of nitrogens with one attached hydrogen (secondary N) is 1. The summed E-state index contributed by atoms with van der Waals surface area (Å²) in [6.45, 7) is 8.78. The van der Waals surface area contributed by atoms with Crippen molar-refractivity contribution in [2.45, 2.75) is 58.1 Å². The summed E-state index contributed by atoms with van der Waals surface area (Å²) in [6.07, 6.45) is 1.77. The van der Waals surface area contributed by atoms with Gasteiger partial charge in [-0.2, -0.15) is 0 Å². The number of aliphatic carboxylic acids is 1. The van der Waals surface area contributed by atoms with Crippen molar-refractivity contribution < 1.29 is 14.6 Å². The number of methoxy groups -OCH3 is 1. The van der Waals surface area contributed by atoms with E-state index in [-0.39, 0.29) is 12.0 Å². The molecular weight excluding hydrogens is 206 g/mol. The third-order valence-electron chi connectivity index (χ3n) is 2.71. The lowest BCUT2D eigenvalue weighted by molar-refractivity contribution is -0.139. The largest absolute Gasteiger partial charge is 0.481 e. The maximum atomic E-state index is 10.9. The summed E-state index contributed by atoms with van der Waals surface area (Å²) in [5.41, 5.74) is -0.730. The topological polar surface area (TPSA) is 58.6 Å². The molecule has 4 nitrogen and oxygen atoms in total. The maximum absolute atomic E-state index is 10.9. The molecule has 96 valence electrons. The number of ether oxygens (including phenoxy) is 1. The third kappa shape index (κ3) is 6.08. The molecule has 4 heteroatoms. The molecule has 1 unspecified atom stereocenters. The second-order valence-corrected chi connectivity index (χ2v) is 5.20. The molecule has 0 aromatic heterocycles. The molecule has 0 aromatic carbocycles. The SMILES string of the molecule is CCCNC(C)(CC(=O)O)CC(C)(C)OC. The van der Waals surface area contributed by atoms with E-state index >= 15 is 0 Å². The quantitative estimate of drug-likeness (QED) is 0.671. The number of hydrogen-bond donors (Lipinski definition) is 2. The number of carboxylic acids is 1. The summed E-state index contributed by atoms with van der Waals surface area (Å²) in [7, 11) is 1.65. The predicted molar refractivity (Wildman–Crippen MR) is 64.7 cm³/mol. The summed E-state index contributed by atoms with van der Waals surface area (Å²) in [4.78, 5) is 10.9. The summed E-state index contributed by atoms with van der Waals surface area (Å²) < 4.78 is 5.36. The van der Waals surface area contributed by atoms with Gasteiger partial charge in [-0.3, -0.25) is 4.79 Å². The van der Waals surface area contributed by atoms with Crippen molar-refractivity contribution in [2.24, 2.45) is 0 Å². The molecule has 0 aliphatic carbocycles. The van der Waals surface area contributed by atoms with Crippen LogP contribution in [-0.4, -0.2) is 35.9 Å². The molecule has 0 fully saturated rings. The van der Waals surface area contributed by atoms with Crippen LogP contribution >= 0.6 is 0 Å². The second-order valence-electron chi connectivity index (χ2n) is 5.20. The van der Waals surface area contributed by atoms with Crippen molar-refractivity contribution in [3.8, 4) is 0 Å². The lowest BCUT2D eigenvalue weighted by atomic mass is 9.85. The number of hydrogen-bond acceptors (Lipinski definition) is 3. The Bertz CT molecular complexity index is 228. The number of carboxylic acid groups (broad SMARTS) is 1. The molecule has 0 amide bonds. The van der Waals surface area contributed by atoms with Crippen LogP contribution in [0.4, 0.5) is 0 Å². The van der Waals surface area contributed by atoms with Gasteiger partial charge in [0.25, 0.3) is 0 Å². The van der Waals surface area contributed by atoms with Gasteiger partial charge in [0.15, 0.2) is 0 Å². The van der Waals surface area contributed by atoms with Crippen LogP contribution in [0.25, 0.3) is 0 Å². The van der Waals surface area contributed by atoms with E-state index < -0.39 is 11.5 Å². The van der Waals surface area contributed by atoms with Crippen LogP contribution in [0.2, 0.25) is 0 Å². The van der Waals surface area contributed by atoms with E-state index in [1.807, 2.05) is 20.8 Å². The maximum Gasteiger partial charge on any atom is 0.305 e. The Morgan fingerprint density at radius 3 is 2.31 bits per heavy atom. The second kappa shape index (κ2) is 6.21. The highest BCUT2D eigenvalue weighted by Crippen LogP contribution is 2.25. The summed E-state index contributed by atoms with van der Waals surface area (Å²) in [6, 6.07) is 0. The molecule has 16 heavy (non-hydrogen) atoms. The Morgan fingerprint density at radius 1 is 1.38 bits per heavy atom. The molecule has 0 saturated heterocycles.